The molecule has 30 valence electrons. The molecule has 0 aliphatic carbocycles. The van der Waals surface area contributed by atoms with E-state index in [0.717, 1.165) is 0 Å². The Kier molecular flexibility index (Phi) is 2.11. The first-order valence-corrected chi connectivity index (χ1v) is 2.07. The van der Waals surface area contributed by atoms with E-state index in [4.69, 9.17) is 0 Å². The highest BCUT2D eigenvalue weighted by atomic mass is 31.0. The summed E-state index contributed by atoms with van der Waals surface area (Å²) in [6, 6.07) is 0. The summed E-state index contributed by atoms with van der Waals surface area (Å²) in [6.45, 7) is 0. The van der Waals surface area contributed by atoms with E-state index in [1.165, 1.54) is 0 Å². The molecule has 2 N–H and O–H groups in total. The molecule has 0 aliphatic rings. The van der Waals surface area contributed by atoms with Crippen molar-refractivity contribution in [2.24, 2.45) is 5.73 Å². The van der Waals surface area contributed by atoms with E-state index in [1.807, 2.05) is 0 Å². The van der Waals surface area contributed by atoms with Crippen LogP contribution < -0.4 is 5.73 Å². The Balaban J connectivity index is 2.85. The van der Waals surface area contributed by atoms with Crippen LogP contribution in [0.5, 0.6) is 0 Å². The number of hydrogen-bond donors (Lipinski definition) is 1. The van der Waals surface area contributed by atoms with Crippen molar-refractivity contribution < 1.29 is 4.79 Å². The van der Waals surface area contributed by atoms with Gasteiger partial charge >= 0.3 is 0 Å². The van der Waals surface area contributed by atoms with Gasteiger partial charge in [0.1, 0.15) is 0 Å². The first-order chi connectivity index (χ1) is 2.27. The molecule has 3 heteroatoms. The first kappa shape index (κ1) is 4.90. The number of carbonyl (C=O) groups is 1. The SMILES string of the molecule is NC(=O)CP. The largest absolute Gasteiger partial charge is 0.369 e. The fraction of sp³-hybridized carbons (Fsp3) is 0.500. The molecule has 0 rings (SSSR count). The smallest absolute Gasteiger partial charge is 0.221 e. The topological polar surface area (TPSA) is 43.1 Å². The molecule has 2 nitrogen and oxygen atoms in total. The van der Waals surface area contributed by atoms with E-state index in [2.05, 4.69) is 15.0 Å². The van der Waals surface area contributed by atoms with Crippen LogP contribution in [-0.2, 0) is 4.79 Å². The Morgan fingerprint density at radius 2 is 2.20 bits per heavy atom. The molecule has 5 heavy (non-hydrogen) atoms. The molecule has 0 aromatic heterocycles. The lowest BCUT2D eigenvalue weighted by molar-refractivity contribution is -0.115. The molecule has 0 spiro atoms. The van der Waals surface area contributed by atoms with E-state index >= 15 is 0 Å². The molecule has 0 fully saturated rings. The standard InChI is InChI=1S/C2H6NOP/c3-2(4)1-5/h1,5H2,(H2,3,4). The molecular weight excluding hydrogens is 85.0 g/mol. The van der Waals surface area contributed by atoms with Crippen molar-refractivity contribution >= 4 is 15.1 Å². The molecule has 1 atom stereocenters. The zero-order valence-corrected chi connectivity index (χ0v) is 3.92. The van der Waals surface area contributed by atoms with Gasteiger partial charge in [0.05, 0.1) is 0 Å². The Labute approximate surface area is 32.9 Å². The van der Waals surface area contributed by atoms with Crippen LogP contribution in [0, 0.1) is 0 Å². The van der Waals surface area contributed by atoms with Crippen LogP contribution in [0.25, 0.3) is 0 Å². The van der Waals surface area contributed by atoms with Gasteiger partial charge in [-0.25, -0.2) is 0 Å². The maximum Gasteiger partial charge on any atom is 0.221 e. The molecule has 0 aliphatic heterocycles. The molecule has 0 saturated carbocycles. The summed E-state index contributed by atoms with van der Waals surface area (Å²) in [5.74, 6) is -0.282. The van der Waals surface area contributed by atoms with E-state index < -0.39 is 0 Å². The van der Waals surface area contributed by atoms with Crippen molar-refractivity contribution in [1.82, 2.24) is 0 Å². The summed E-state index contributed by atoms with van der Waals surface area (Å²) >= 11 is 0. The quantitative estimate of drug-likeness (QED) is 0.428. The maximum absolute atomic E-state index is 9.57. The highest BCUT2D eigenvalue weighted by Gasteiger charge is 1.77. The molecule has 1 amide bonds. The van der Waals surface area contributed by atoms with Crippen LogP contribution in [0.15, 0.2) is 0 Å². The van der Waals surface area contributed by atoms with Crippen molar-refractivity contribution in [1.29, 1.82) is 0 Å². The second kappa shape index (κ2) is 2.16. The Bertz CT molecular complexity index is 44.9. The fourth-order valence-corrected chi connectivity index (χ4v) is 0. The third kappa shape index (κ3) is 3.90. The lowest BCUT2D eigenvalue weighted by Crippen LogP contribution is -2.10. The zero-order valence-electron chi connectivity index (χ0n) is 2.77. The summed E-state index contributed by atoms with van der Waals surface area (Å²) in [7, 11) is 2.22. The molecule has 0 heterocycles. The van der Waals surface area contributed by atoms with Crippen molar-refractivity contribution in [3.8, 4) is 0 Å². The summed E-state index contributed by atoms with van der Waals surface area (Å²) in [6.07, 6.45) is 0.361. The van der Waals surface area contributed by atoms with E-state index in [9.17, 15) is 4.79 Å². The van der Waals surface area contributed by atoms with Gasteiger partial charge in [0.25, 0.3) is 0 Å². The second-order valence-electron chi connectivity index (χ2n) is 0.670. The molecule has 0 aromatic rings. The van der Waals surface area contributed by atoms with Gasteiger partial charge in [-0.05, 0) is 0 Å². The van der Waals surface area contributed by atoms with E-state index in [1.54, 1.807) is 0 Å². The normalized spacial score (nSPS) is 7.40. The zero-order chi connectivity index (χ0) is 4.28. The van der Waals surface area contributed by atoms with Gasteiger partial charge in [-0.3, -0.25) is 4.79 Å². The third-order valence-electron chi connectivity index (χ3n) is 0.201. The number of primary amides is 1. The Morgan fingerprint density at radius 3 is 2.20 bits per heavy atom. The van der Waals surface area contributed by atoms with Crippen molar-refractivity contribution in [2.75, 3.05) is 6.16 Å². The Hall–Kier alpha value is -0.100. The average molecular weight is 91.0 g/mol. The number of carbonyl (C=O) groups excluding carboxylic acids is 1. The molecule has 0 saturated heterocycles. The number of hydrogen-bond acceptors (Lipinski definition) is 1. The highest BCUT2D eigenvalue weighted by Crippen LogP contribution is 1.71. The number of amides is 1. The van der Waals surface area contributed by atoms with Gasteiger partial charge in [0.2, 0.25) is 5.91 Å². The van der Waals surface area contributed by atoms with Crippen LogP contribution >= 0.6 is 9.24 Å². The lowest BCUT2D eigenvalue weighted by atomic mass is 10.8. The summed E-state index contributed by atoms with van der Waals surface area (Å²) in [5, 5.41) is 0. The minimum Gasteiger partial charge on any atom is -0.369 e. The van der Waals surface area contributed by atoms with Crippen molar-refractivity contribution in [3.63, 3.8) is 0 Å². The van der Waals surface area contributed by atoms with Gasteiger partial charge in [-0.2, -0.15) is 0 Å². The Morgan fingerprint density at radius 1 is 2.00 bits per heavy atom. The third-order valence-corrected chi connectivity index (χ3v) is 0.604. The van der Waals surface area contributed by atoms with Crippen molar-refractivity contribution in [3.05, 3.63) is 0 Å². The molecule has 0 bridgehead atoms. The number of rotatable bonds is 1. The van der Waals surface area contributed by atoms with Crippen LogP contribution in [0.3, 0.4) is 0 Å². The summed E-state index contributed by atoms with van der Waals surface area (Å²) in [4.78, 5) is 9.57. The van der Waals surface area contributed by atoms with Gasteiger partial charge in [0.15, 0.2) is 0 Å². The van der Waals surface area contributed by atoms with Gasteiger partial charge < -0.3 is 5.73 Å². The van der Waals surface area contributed by atoms with E-state index in [0.29, 0.717) is 6.16 Å². The predicted molar refractivity (Wildman–Crippen MR) is 23.8 cm³/mol. The van der Waals surface area contributed by atoms with E-state index in [-0.39, 0.29) is 5.91 Å². The lowest BCUT2D eigenvalue weighted by Gasteiger charge is -1.73. The predicted octanol–water partition coefficient (Wildman–Crippen LogP) is -0.653. The monoisotopic (exact) mass is 91.0 g/mol. The van der Waals surface area contributed by atoms with Gasteiger partial charge in [-0.15, -0.1) is 9.24 Å². The van der Waals surface area contributed by atoms with Crippen LogP contribution in [0.1, 0.15) is 0 Å². The average Bonchev–Trinajstić information content (AvgIpc) is 1.38. The van der Waals surface area contributed by atoms with Crippen LogP contribution in [0.4, 0.5) is 0 Å². The van der Waals surface area contributed by atoms with Crippen molar-refractivity contribution in [2.45, 2.75) is 0 Å². The van der Waals surface area contributed by atoms with Gasteiger partial charge in [0, 0.05) is 6.16 Å². The molecular formula is C2H6NOP. The fourth-order valence-electron chi connectivity index (χ4n) is 0. The molecule has 1 unspecified atom stereocenters. The first-order valence-electron chi connectivity index (χ1n) is 1.25. The minimum atomic E-state index is -0.282. The summed E-state index contributed by atoms with van der Waals surface area (Å²) in [5.41, 5.74) is 4.63. The molecule has 0 radical (unpaired) electrons. The minimum absolute atomic E-state index is 0.282. The summed E-state index contributed by atoms with van der Waals surface area (Å²) < 4.78 is 0. The molecule has 0 aromatic carbocycles. The van der Waals surface area contributed by atoms with Crippen LogP contribution in [0.2, 0.25) is 0 Å². The van der Waals surface area contributed by atoms with Gasteiger partial charge in [-0.1, -0.05) is 0 Å². The second-order valence-corrected chi connectivity index (χ2v) is 1.08. The van der Waals surface area contributed by atoms with Crippen LogP contribution in [-0.4, -0.2) is 12.1 Å². The highest BCUT2D eigenvalue weighted by molar-refractivity contribution is 7.18. The maximum atomic E-state index is 9.57. The number of nitrogens with two attached hydrogens (primary N) is 1.